The van der Waals surface area contributed by atoms with Crippen LogP contribution in [0, 0.1) is 0 Å². The molecular weight excluding hydrogens is 935 g/mol. The summed E-state index contributed by atoms with van der Waals surface area (Å²) >= 11 is 0. The first-order chi connectivity index (χ1) is 37.5. The zero-order chi connectivity index (χ0) is 55.0. The fraction of sp³-hybridized carbons (Fsp3) is 0.886. The molecule has 2 atom stereocenters. The summed E-state index contributed by atoms with van der Waals surface area (Å²) in [7, 11) is 0. The van der Waals surface area contributed by atoms with Crippen molar-refractivity contribution < 1.29 is 24.5 Å². The molecule has 2 unspecified atom stereocenters. The quantitative estimate of drug-likeness (QED) is 0.0320. The van der Waals surface area contributed by atoms with Crippen LogP contribution in [0.2, 0.25) is 0 Å². The highest BCUT2D eigenvalue weighted by molar-refractivity contribution is 5.76. The highest BCUT2D eigenvalue weighted by Crippen LogP contribution is 2.18. The van der Waals surface area contributed by atoms with Gasteiger partial charge in [0.25, 0.3) is 0 Å². The van der Waals surface area contributed by atoms with Crippen LogP contribution < -0.4 is 5.32 Å². The summed E-state index contributed by atoms with van der Waals surface area (Å²) in [5, 5.41) is 23.3. The number of unbranched alkanes of at least 4 members (excludes halogenated alkanes) is 47. The second kappa shape index (κ2) is 65.6. The Morgan fingerprint density at radius 1 is 0.368 bits per heavy atom. The van der Waals surface area contributed by atoms with E-state index in [0.29, 0.717) is 25.9 Å². The molecule has 6 nitrogen and oxygen atoms in total. The van der Waals surface area contributed by atoms with Crippen LogP contribution in [0.1, 0.15) is 373 Å². The van der Waals surface area contributed by atoms with Crippen molar-refractivity contribution in [3.8, 4) is 0 Å². The van der Waals surface area contributed by atoms with Crippen LogP contribution in [0.4, 0.5) is 0 Å². The number of rotatable bonds is 64. The summed E-state index contributed by atoms with van der Waals surface area (Å²) in [6, 6.07) is -0.543. The first kappa shape index (κ1) is 74.1. The fourth-order valence-electron chi connectivity index (χ4n) is 10.7. The van der Waals surface area contributed by atoms with Crippen LogP contribution >= 0.6 is 0 Å². The van der Waals surface area contributed by atoms with Gasteiger partial charge in [-0.3, -0.25) is 9.59 Å². The fourth-order valence-corrected chi connectivity index (χ4v) is 10.7. The third-order valence-electron chi connectivity index (χ3n) is 15.9. The predicted molar refractivity (Wildman–Crippen MR) is 333 cm³/mol. The van der Waals surface area contributed by atoms with Gasteiger partial charge in [0.05, 0.1) is 25.4 Å². The Morgan fingerprint density at radius 3 is 1.01 bits per heavy atom. The van der Waals surface area contributed by atoms with Gasteiger partial charge in [0.2, 0.25) is 5.91 Å². The molecule has 0 spiro atoms. The Morgan fingerprint density at radius 2 is 0.658 bits per heavy atom. The van der Waals surface area contributed by atoms with Gasteiger partial charge in [0.15, 0.2) is 0 Å². The Labute approximate surface area is 474 Å². The molecule has 6 heteroatoms. The van der Waals surface area contributed by atoms with Gasteiger partial charge < -0.3 is 20.3 Å². The van der Waals surface area contributed by atoms with Crippen LogP contribution in [0.15, 0.2) is 36.5 Å². The van der Waals surface area contributed by atoms with Crippen LogP contribution in [0.5, 0.6) is 0 Å². The molecule has 0 radical (unpaired) electrons. The van der Waals surface area contributed by atoms with Gasteiger partial charge >= 0.3 is 5.97 Å². The third kappa shape index (κ3) is 61.3. The molecule has 0 saturated heterocycles. The minimum absolute atomic E-state index is 0.0106. The van der Waals surface area contributed by atoms with E-state index in [1.807, 2.05) is 0 Å². The molecule has 0 aliphatic heterocycles. The Hall–Kier alpha value is -1.92. The van der Waals surface area contributed by atoms with Gasteiger partial charge in [0.1, 0.15) is 0 Å². The molecule has 76 heavy (non-hydrogen) atoms. The van der Waals surface area contributed by atoms with Crippen molar-refractivity contribution in [1.82, 2.24) is 5.32 Å². The second-order valence-corrected chi connectivity index (χ2v) is 23.5. The molecule has 0 fully saturated rings. The van der Waals surface area contributed by atoms with E-state index < -0.39 is 12.1 Å². The van der Waals surface area contributed by atoms with Crippen LogP contribution in [0.25, 0.3) is 0 Å². The van der Waals surface area contributed by atoms with Crippen molar-refractivity contribution in [2.45, 2.75) is 386 Å². The smallest absolute Gasteiger partial charge is 0.305 e. The molecule has 0 aliphatic carbocycles. The number of carbonyl (C=O) groups excluding carboxylic acids is 2. The number of allylic oxidation sites excluding steroid dienone is 6. The van der Waals surface area contributed by atoms with Gasteiger partial charge in [-0.15, -0.1) is 0 Å². The Kier molecular flexibility index (Phi) is 63.9. The minimum Gasteiger partial charge on any atom is -0.466 e. The largest absolute Gasteiger partial charge is 0.466 e. The normalized spacial score (nSPS) is 12.7. The molecule has 0 rings (SSSR count). The van der Waals surface area contributed by atoms with Crippen molar-refractivity contribution in [3.05, 3.63) is 36.5 Å². The molecule has 0 aromatic heterocycles. The number of amides is 1. The monoisotopic (exact) mass is 1070 g/mol. The Bertz CT molecular complexity index is 1230. The van der Waals surface area contributed by atoms with Gasteiger partial charge in [-0.05, 0) is 83.5 Å². The zero-order valence-corrected chi connectivity index (χ0v) is 51.3. The number of nitrogens with one attached hydrogen (secondary N) is 1. The van der Waals surface area contributed by atoms with Crippen molar-refractivity contribution in [3.63, 3.8) is 0 Å². The molecule has 3 N–H and O–H groups in total. The number of aliphatic hydroxyl groups is 2. The van der Waals surface area contributed by atoms with E-state index in [2.05, 4.69) is 55.6 Å². The highest BCUT2D eigenvalue weighted by Gasteiger charge is 2.20. The summed E-state index contributed by atoms with van der Waals surface area (Å²) in [5.41, 5.74) is 0. The second-order valence-electron chi connectivity index (χ2n) is 23.5. The Balaban J connectivity index is 3.39. The molecule has 448 valence electrons. The summed E-state index contributed by atoms with van der Waals surface area (Å²) in [6.07, 6.45) is 83.3. The van der Waals surface area contributed by atoms with E-state index in [1.165, 1.54) is 289 Å². The standard InChI is InChI=1S/C70H133NO5/c1-3-5-7-9-11-13-15-17-18-19-29-33-36-40-44-48-52-56-60-64-70(75)76-65-61-57-53-49-45-41-37-34-31-28-26-24-22-20-21-23-25-27-30-32-35-39-43-47-51-55-59-63-69(74)71-67(66-72)68(73)62-58-54-50-46-42-38-16-14-12-10-8-6-4-2/h17-18,20-21,24,26,67-68,72-73H,3-16,19,22-23,25,27-66H2,1-2H3,(H,71,74)/b18-17-,21-20-,26-24-. The molecule has 0 aromatic carbocycles. The topological polar surface area (TPSA) is 95.9 Å². The first-order valence-electron chi connectivity index (χ1n) is 34.2. The lowest BCUT2D eigenvalue weighted by Gasteiger charge is -2.22. The molecule has 1 amide bonds. The predicted octanol–water partition coefficient (Wildman–Crippen LogP) is 21.9. The van der Waals surface area contributed by atoms with Crippen molar-refractivity contribution in [2.24, 2.45) is 0 Å². The van der Waals surface area contributed by atoms with Crippen LogP contribution in [-0.4, -0.2) is 47.4 Å². The lowest BCUT2D eigenvalue weighted by Crippen LogP contribution is -2.45. The van der Waals surface area contributed by atoms with Gasteiger partial charge in [-0.1, -0.05) is 314 Å². The van der Waals surface area contributed by atoms with E-state index in [1.54, 1.807) is 0 Å². The van der Waals surface area contributed by atoms with Crippen LogP contribution in [-0.2, 0) is 14.3 Å². The van der Waals surface area contributed by atoms with E-state index in [9.17, 15) is 19.8 Å². The average Bonchev–Trinajstić information content (AvgIpc) is 3.42. The number of aliphatic hydroxyl groups excluding tert-OH is 2. The summed E-state index contributed by atoms with van der Waals surface area (Å²) in [4.78, 5) is 24.6. The molecule has 0 heterocycles. The molecule has 0 bridgehead atoms. The first-order valence-corrected chi connectivity index (χ1v) is 34.2. The maximum atomic E-state index is 12.5. The molecule has 0 aromatic rings. The van der Waals surface area contributed by atoms with Gasteiger partial charge in [-0.25, -0.2) is 0 Å². The highest BCUT2D eigenvalue weighted by atomic mass is 16.5. The van der Waals surface area contributed by atoms with Crippen molar-refractivity contribution in [2.75, 3.05) is 13.2 Å². The number of esters is 1. The molecule has 0 aliphatic rings. The number of carbonyl (C=O) groups is 2. The minimum atomic E-state index is -0.666. The van der Waals surface area contributed by atoms with Gasteiger partial charge in [-0.2, -0.15) is 0 Å². The average molecular weight is 1070 g/mol. The van der Waals surface area contributed by atoms with E-state index in [0.717, 1.165) is 51.4 Å². The lowest BCUT2D eigenvalue weighted by atomic mass is 10.0. The maximum Gasteiger partial charge on any atom is 0.305 e. The summed E-state index contributed by atoms with van der Waals surface area (Å²) in [5.74, 6) is -0.0264. The van der Waals surface area contributed by atoms with E-state index in [4.69, 9.17) is 4.74 Å². The SMILES string of the molecule is CCCCCCCC/C=C\CCCCCCCCCCCC(=O)OCCCCCCCCCCC/C=C\C/C=C\CCCCCCCCCCCCCC(=O)NC(CO)C(O)CCCCCCCCCCCCCCC. The van der Waals surface area contributed by atoms with Crippen molar-refractivity contribution in [1.29, 1.82) is 0 Å². The maximum absolute atomic E-state index is 12.5. The van der Waals surface area contributed by atoms with Crippen LogP contribution in [0.3, 0.4) is 0 Å². The zero-order valence-electron chi connectivity index (χ0n) is 51.3. The number of ether oxygens (including phenoxy) is 1. The summed E-state index contributed by atoms with van der Waals surface area (Å²) < 4.78 is 5.50. The summed E-state index contributed by atoms with van der Waals surface area (Å²) in [6.45, 7) is 4.96. The van der Waals surface area contributed by atoms with Crippen molar-refractivity contribution >= 4 is 11.9 Å². The molecule has 0 saturated carbocycles. The molecular formula is C70H133NO5. The third-order valence-corrected chi connectivity index (χ3v) is 15.9. The lowest BCUT2D eigenvalue weighted by molar-refractivity contribution is -0.143. The number of hydrogen-bond donors (Lipinski definition) is 3. The number of hydrogen-bond acceptors (Lipinski definition) is 5. The van der Waals surface area contributed by atoms with E-state index >= 15 is 0 Å². The van der Waals surface area contributed by atoms with E-state index in [-0.39, 0.29) is 18.5 Å². The van der Waals surface area contributed by atoms with Gasteiger partial charge in [0, 0.05) is 12.8 Å².